The van der Waals surface area contributed by atoms with Gasteiger partial charge in [-0.1, -0.05) is 28.1 Å². The number of hydrogen-bond acceptors (Lipinski definition) is 3. The summed E-state index contributed by atoms with van der Waals surface area (Å²) in [7, 11) is 0. The molecular formula is C15H20BrN3O. The van der Waals surface area contributed by atoms with Gasteiger partial charge in [0.1, 0.15) is 0 Å². The van der Waals surface area contributed by atoms with Crippen molar-refractivity contribution in [3.63, 3.8) is 0 Å². The fraction of sp³-hybridized carbons (Fsp3) is 0.400. The van der Waals surface area contributed by atoms with Crippen molar-refractivity contribution in [3.05, 3.63) is 52.8 Å². The number of nitrogens with one attached hydrogen (secondary N) is 1. The van der Waals surface area contributed by atoms with Crippen LogP contribution in [0.1, 0.15) is 31.6 Å². The molecule has 0 radical (unpaired) electrons. The fourth-order valence-electron chi connectivity index (χ4n) is 2.05. The number of rotatable bonds is 6. The minimum atomic E-state index is -0.514. The summed E-state index contributed by atoms with van der Waals surface area (Å²) in [5.41, 5.74) is 0.908. The van der Waals surface area contributed by atoms with Crippen molar-refractivity contribution in [1.82, 2.24) is 15.1 Å². The third-order valence-electron chi connectivity index (χ3n) is 3.53. The Morgan fingerprint density at radius 2 is 2.15 bits per heavy atom. The van der Waals surface area contributed by atoms with Crippen LogP contribution in [-0.4, -0.2) is 27.5 Å². The van der Waals surface area contributed by atoms with Crippen LogP contribution in [0.3, 0.4) is 0 Å². The molecule has 108 valence electrons. The summed E-state index contributed by atoms with van der Waals surface area (Å²) >= 11 is 3.42. The highest BCUT2D eigenvalue weighted by molar-refractivity contribution is 9.10. The van der Waals surface area contributed by atoms with Gasteiger partial charge in [0.15, 0.2) is 0 Å². The number of aromatic nitrogens is 2. The second-order valence-electron chi connectivity index (χ2n) is 4.99. The van der Waals surface area contributed by atoms with Crippen LogP contribution < -0.4 is 5.32 Å². The fourth-order valence-corrected chi connectivity index (χ4v) is 2.47. The molecule has 2 aromatic rings. The van der Waals surface area contributed by atoms with Gasteiger partial charge in [-0.15, -0.1) is 0 Å². The minimum absolute atomic E-state index is 0.219. The van der Waals surface area contributed by atoms with E-state index in [1.807, 2.05) is 41.2 Å². The van der Waals surface area contributed by atoms with Crippen LogP contribution >= 0.6 is 15.9 Å². The largest absolute Gasteiger partial charge is 0.387 e. The Morgan fingerprint density at radius 3 is 2.80 bits per heavy atom. The van der Waals surface area contributed by atoms with Crippen molar-refractivity contribution >= 4 is 15.9 Å². The van der Waals surface area contributed by atoms with E-state index in [-0.39, 0.29) is 12.1 Å². The normalized spacial score (nSPS) is 15.8. The smallest absolute Gasteiger partial charge is 0.0914 e. The lowest BCUT2D eigenvalue weighted by Gasteiger charge is -2.23. The summed E-state index contributed by atoms with van der Waals surface area (Å²) in [5.74, 6) is 0. The Kier molecular flexibility index (Phi) is 5.34. The van der Waals surface area contributed by atoms with Crippen LogP contribution in [0.25, 0.3) is 0 Å². The Bertz CT molecular complexity index is 530. The summed E-state index contributed by atoms with van der Waals surface area (Å²) < 4.78 is 2.90. The van der Waals surface area contributed by atoms with Gasteiger partial charge in [-0.25, -0.2) is 0 Å². The van der Waals surface area contributed by atoms with Crippen molar-refractivity contribution in [2.45, 2.75) is 32.0 Å². The minimum Gasteiger partial charge on any atom is -0.387 e. The van der Waals surface area contributed by atoms with E-state index >= 15 is 0 Å². The van der Waals surface area contributed by atoms with Gasteiger partial charge in [0, 0.05) is 29.5 Å². The van der Waals surface area contributed by atoms with E-state index in [9.17, 15) is 5.11 Å². The molecule has 2 N–H and O–H groups in total. The summed E-state index contributed by atoms with van der Waals surface area (Å²) in [6.45, 7) is 4.72. The van der Waals surface area contributed by atoms with Crippen LogP contribution in [-0.2, 0) is 0 Å². The summed E-state index contributed by atoms with van der Waals surface area (Å²) in [4.78, 5) is 0. The van der Waals surface area contributed by atoms with E-state index in [0.29, 0.717) is 6.54 Å². The molecule has 4 nitrogen and oxygen atoms in total. The molecule has 3 unspecified atom stereocenters. The molecule has 3 atom stereocenters. The molecule has 2 rings (SSSR count). The maximum Gasteiger partial charge on any atom is 0.0914 e. The van der Waals surface area contributed by atoms with E-state index in [1.54, 1.807) is 6.20 Å². The van der Waals surface area contributed by atoms with E-state index in [1.165, 1.54) is 0 Å². The number of aliphatic hydroxyl groups is 1. The molecule has 1 heterocycles. The Morgan fingerprint density at radius 1 is 1.35 bits per heavy atom. The zero-order valence-corrected chi connectivity index (χ0v) is 13.3. The highest BCUT2D eigenvalue weighted by Gasteiger charge is 2.16. The first-order chi connectivity index (χ1) is 9.58. The highest BCUT2D eigenvalue weighted by atomic mass is 79.9. The molecule has 0 saturated carbocycles. The third kappa shape index (κ3) is 3.91. The van der Waals surface area contributed by atoms with Crippen molar-refractivity contribution in [3.8, 4) is 0 Å². The van der Waals surface area contributed by atoms with E-state index in [0.717, 1.165) is 10.0 Å². The molecule has 0 aliphatic heterocycles. The first-order valence-corrected chi connectivity index (χ1v) is 7.53. The lowest BCUT2D eigenvalue weighted by atomic mass is 10.1. The lowest BCUT2D eigenvalue weighted by Crippen LogP contribution is -2.36. The van der Waals surface area contributed by atoms with Gasteiger partial charge in [-0.3, -0.25) is 4.68 Å². The van der Waals surface area contributed by atoms with Gasteiger partial charge in [-0.05, 0) is 37.6 Å². The van der Waals surface area contributed by atoms with Gasteiger partial charge >= 0.3 is 0 Å². The molecule has 0 bridgehead atoms. The molecule has 0 aliphatic carbocycles. The zero-order chi connectivity index (χ0) is 14.5. The van der Waals surface area contributed by atoms with Crippen LogP contribution in [0.4, 0.5) is 0 Å². The molecule has 0 spiro atoms. The molecule has 0 amide bonds. The summed E-state index contributed by atoms with van der Waals surface area (Å²) in [6, 6.07) is 10.1. The van der Waals surface area contributed by atoms with Crippen LogP contribution in [0.2, 0.25) is 0 Å². The molecule has 1 aromatic carbocycles. The maximum absolute atomic E-state index is 10.2. The molecule has 0 fully saturated rings. The van der Waals surface area contributed by atoms with E-state index in [4.69, 9.17) is 0 Å². The highest BCUT2D eigenvalue weighted by Crippen LogP contribution is 2.18. The van der Waals surface area contributed by atoms with Gasteiger partial charge in [0.05, 0.1) is 12.1 Å². The lowest BCUT2D eigenvalue weighted by molar-refractivity contribution is 0.166. The third-order valence-corrected chi connectivity index (χ3v) is 4.03. The van der Waals surface area contributed by atoms with Crippen molar-refractivity contribution in [2.75, 3.05) is 6.54 Å². The van der Waals surface area contributed by atoms with E-state index in [2.05, 4.69) is 40.2 Å². The second kappa shape index (κ2) is 7.02. The number of aliphatic hydroxyl groups excluding tert-OH is 1. The SMILES string of the molecule is CC(NCC(O)c1cccc(Br)c1)C(C)n1cccn1. The molecule has 20 heavy (non-hydrogen) atoms. The second-order valence-corrected chi connectivity index (χ2v) is 5.91. The predicted octanol–water partition coefficient (Wildman–Crippen LogP) is 2.92. The number of hydrogen-bond donors (Lipinski definition) is 2. The molecule has 0 aliphatic rings. The topological polar surface area (TPSA) is 50.1 Å². The number of halogens is 1. The maximum atomic E-state index is 10.2. The van der Waals surface area contributed by atoms with Gasteiger partial charge in [0.2, 0.25) is 0 Å². The average molecular weight is 338 g/mol. The average Bonchev–Trinajstić information content (AvgIpc) is 2.97. The molecule has 1 aromatic heterocycles. The van der Waals surface area contributed by atoms with Crippen LogP contribution in [0.5, 0.6) is 0 Å². The van der Waals surface area contributed by atoms with Crippen LogP contribution in [0, 0.1) is 0 Å². The Balaban J connectivity index is 1.88. The van der Waals surface area contributed by atoms with Gasteiger partial charge < -0.3 is 10.4 Å². The summed E-state index contributed by atoms with van der Waals surface area (Å²) in [6.07, 6.45) is 3.22. The molecular weight excluding hydrogens is 318 g/mol. The number of benzene rings is 1. The predicted molar refractivity (Wildman–Crippen MR) is 83.5 cm³/mol. The monoisotopic (exact) mass is 337 g/mol. The Hall–Kier alpha value is -1.17. The number of nitrogens with zero attached hydrogens (tertiary/aromatic N) is 2. The van der Waals surface area contributed by atoms with Gasteiger partial charge in [0.25, 0.3) is 0 Å². The van der Waals surface area contributed by atoms with Crippen LogP contribution in [0.15, 0.2) is 47.2 Å². The van der Waals surface area contributed by atoms with Gasteiger partial charge in [-0.2, -0.15) is 5.10 Å². The zero-order valence-electron chi connectivity index (χ0n) is 11.7. The first-order valence-electron chi connectivity index (χ1n) is 6.74. The van der Waals surface area contributed by atoms with Crippen molar-refractivity contribution in [1.29, 1.82) is 0 Å². The molecule has 0 saturated heterocycles. The van der Waals surface area contributed by atoms with Crippen molar-refractivity contribution < 1.29 is 5.11 Å². The van der Waals surface area contributed by atoms with E-state index < -0.39 is 6.10 Å². The quantitative estimate of drug-likeness (QED) is 0.852. The Labute approximate surface area is 127 Å². The first kappa shape index (κ1) is 15.2. The summed E-state index contributed by atoms with van der Waals surface area (Å²) in [5, 5.41) is 17.8. The van der Waals surface area contributed by atoms with Crippen molar-refractivity contribution in [2.24, 2.45) is 0 Å². The molecule has 5 heteroatoms. The standard InChI is InChI=1S/C15H20BrN3O/c1-11(12(2)19-8-4-7-18-19)17-10-15(20)13-5-3-6-14(16)9-13/h3-9,11-12,15,17,20H,10H2,1-2H3.